The highest BCUT2D eigenvalue weighted by atomic mass is 16.7. The molecular formula is C21H41N3O4. The van der Waals surface area contributed by atoms with E-state index in [0.29, 0.717) is 12.4 Å². The zero-order valence-electron chi connectivity index (χ0n) is 18.2. The Kier molecular flexibility index (Phi) is 11.6. The minimum Gasteiger partial charge on any atom is -0.481 e. The molecule has 0 spiro atoms. The van der Waals surface area contributed by atoms with Crippen LogP contribution >= 0.6 is 0 Å². The number of nitrogens with one attached hydrogen (secondary N) is 2. The minimum absolute atomic E-state index is 0.0277. The van der Waals surface area contributed by atoms with Crippen molar-refractivity contribution >= 4 is 11.9 Å². The number of aliphatic hydroxyl groups is 1. The molecule has 164 valence electrons. The summed E-state index contributed by atoms with van der Waals surface area (Å²) in [6.45, 7) is 8.36. The fraction of sp³-hybridized carbons (Fsp3) is 0.905. The van der Waals surface area contributed by atoms with Crippen LogP contribution in [0.5, 0.6) is 0 Å². The summed E-state index contributed by atoms with van der Waals surface area (Å²) < 4.78 is 0. The number of hydroxylamine groups is 1. The van der Waals surface area contributed by atoms with Gasteiger partial charge in [-0.3, -0.25) is 4.79 Å². The first-order valence-electron chi connectivity index (χ1n) is 11.0. The molecular weight excluding hydrogens is 358 g/mol. The topological polar surface area (TPSA) is 103 Å². The maximum atomic E-state index is 11.2. The van der Waals surface area contributed by atoms with Gasteiger partial charge in [0.05, 0.1) is 13.0 Å². The second-order valence-electron chi connectivity index (χ2n) is 8.36. The molecule has 7 nitrogen and oxygen atoms in total. The number of aliphatic carboxylic acids is 1. The van der Waals surface area contributed by atoms with Gasteiger partial charge in [-0.05, 0) is 26.2 Å². The van der Waals surface area contributed by atoms with E-state index < -0.39 is 5.97 Å². The Morgan fingerprint density at radius 2 is 2.00 bits per heavy atom. The second kappa shape index (κ2) is 13.1. The van der Waals surface area contributed by atoms with Gasteiger partial charge in [0.2, 0.25) is 5.90 Å². The monoisotopic (exact) mass is 399 g/mol. The third-order valence-electron chi connectivity index (χ3n) is 5.41. The van der Waals surface area contributed by atoms with E-state index in [1.54, 1.807) is 0 Å². The van der Waals surface area contributed by atoms with E-state index in [1.165, 1.54) is 38.5 Å². The Morgan fingerprint density at radius 3 is 2.61 bits per heavy atom. The van der Waals surface area contributed by atoms with Gasteiger partial charge in [0.1, 0.15) is 6.17 Å². The van der Waals surface area contributed by atoms with Gasteiger partial charge < -0.3 is 20.4 Å². The molecule has 0 bridgehead atoms. The van der Waals surface area contributed by atoms with Crippen LogP contribution in [0.2, 0.25) is 0 Å². The number of nitrogens with zero attached hydrogens (tertiary/aromatic N) is 1. The summed E-state index contributed by atoms with van der Waals surface area (Å²) >= 11 is 0. The molecule has 4 N–H and O–H groups in total. The summed E-state index contributed by atoms with van der Waals surface area (Å²) in [5.41, 5.74) is 2.47. The van der Waals surface area contributed by atoms with Crippen LogP contribution in [0.25, 0.3) is 0 Å². The van der Waals surface area contributed by atoms with Crippen LogP contribution in [0.1, 0.15) is 85.5 Å². The van der Waals surface area contributed by atoms with Crippen molar-refractivity contribution in [2.24, 2.45) is 16.8 Å². The number of hydrogen-bond acceptors (Lipinski definition) is 6. The first-order valence-corrected chi connectivity index (χ1v) is 11.0. The summed E-state index contributed by atoms with van der Waals surface area (Å²) in [5, 5.41) is 21.7. The zero-order chi connectivity index (χ0) is 21.0. The molecule has 0 radical (unpaired) electrons. The molecule has 0 aromatic carbocycles. The molecule has 1 aliphatic heterocycles. The SMILES string of the molecule is CC.CC(C)(CO)NCC1N=C([C@H](CCCC2CCCCC2)CC(=O)O)ON1. The van der Waals surface area contributed by atoms with Crippen molar-refractivity contribution in [1.29, 1.82) is 0 Å². The predicted octanol–water partition coefficient (Wildman–Crippen LogP) is 3.47. The van der Waals surface area contributed by atoms with E-state index >= 15 is 0 Å². The molecule has 1 aliphatic carbocycles. The second-order valence-corrected chi connectivity index (χ2v) is 8.36. The molecule has 2 aliphatic rings. The lowest BCUT2D eigenvalue weighted by atomic mass is 9.84. The molecule has 0 saturated heterocycles. The lowest BCUT2D eigenvalue weighted by Crippen LogP contribution is -2.47. The van der Waals surface area contributed by atoms with Crippen molar-refractivity contribution in [3.63, 3.8) is 0 Å². The van der Waals surface area contributed by atoms with Gasteiger partial charge in [-0.1, -0.05) is 58.8 Å². The van der Waals surface area contributed by atoms with Gasteiger partial charge in [0.25, 0.3) is 0 Å². The maximum Gasteiger partial charge on any atom is 0.304 e. The highest BCUT2D eigenvalue weighted by molar-refractivity contribution is 5.83. The van der Waals surface area contributed by atoms with Crippen LogP contribution in [0.4, 0.5) is 0 Å². The largest absolute Gasteiger partial charge is 0.481 e. The van der Waals surface area contributed by atoms with Crippen molar-refractivity contribution in [1.82, 2.24) is 10.8 Å². The summed E-state index contributed by atoms with van der Waals surface area (Å²) in [6, 6.07) is 0. The predicted molar refractivity (Wildman–Crippen MR) is 112 cm³/mol. The molecule has 7 heteroatoms. The van der Waals surface area contributed by atoms with Gasteiger partial charge >= 0.3 is 5.97 Å². The molecule has 0 aromatic rings. The number of hydrogen-bond donors (Lipinski definition) is 4. The Labute approximate surface area is 170 Å². The molecule has 2 atom stereocenters. The lowest BCUT2D eigenvalue weighted by Gasteiger charge is -2.24. The molecule has 1 fully saturated rings. The average Bonchev–Trinajstić information content (AvgIpc) is 3.17. The highest BCUT2D eigenvalue weighted by Crippen LogP contribution is 2.29. The quantitative estimate of drug-likeness (QED) is 0.424. The Balaban J connectivity index is 0.00000190. The van der Waals surface area contributed by atoms with Crippen molar-refractivity contribution in [2.45, 2.75) is 97.2 Å². The van der Waals surface area contributed by atoms with Crippen molar-refractivity contribution in [3.05, 3.63) is 0 Å². The normalized spacial score (nSPS) is 21.3. The first kappa shape index (κ1) is 24.9. The van der Waals surface area contributed by atoms with E-state index in [9.17, 15) is 15.0 Å². The maximum absolute atomic E-state index is 11.2. The van der Waals surface area contributed by atoms with Crippen molar-refractivity contribution in [3.8, 4) is 0 Å². The van der Waals surface area contributed by atoms with E-state index in [2.05, 4.69) is 15.8 Å². The molecule has 1 unspecified atom stereocenters. The van der Waals surface area contributed by atoms with E-state index in [4.69, 9.17) is 4.84 Å². The van der Waals surface area contributed by atoms with E-state index in [0.717, 1.165) is 18.8 Å². The van der Waals surface area contributed by atoms with Gasteiger partial charge in [0, 0.05) is 18.0 Å². The van der Waals surface area contributed by atoms with Gasteiger partial charge in [-0.2, -0.15) is 0 Å². The van der Waals surface area contributed by atoms with Crippen LogP contribution in [0, 0.1) is 11.8 Å². The molecule has 0 aromatic heterocycles. The van der Waals surface area contributed by atoms with E-state index in [-0.39, 0.29) is 30.7 Å². The summed E-state index contributed by atoms with van der Waals surface area (Å²) in [4.78, 5) is 21.3. The molecule has 0 amide bonds. The fourth-order valence-electron chi connectivity index (χ4n) is 3.69. The Morgan fingerprint density at radius 1 is 1.32 bits per heavy atom. The van der Waals surface area contributed by atoms with Gasteiger partial charge in [0.15, 0.2) is 0 Å². The third kappa shape index (κ3) is 9.34. The standard InChI is InChI=1S/C19H35N3O4.C2H6/c1-19(2,13-23)20-12-16-21-18(26-22-16)15(11-17(24)25)10-6-9-14-7-4-3-5-8-14;1-2/h14-16,20,22-23H,3-13H2,1-2H3,(H,24,25);1-2H3/t15-,16?;/m1./s1. The van der Waals surface area contributed by atoms with E-state index in [1.807, 2.05) is 27.7 Å². The van der Waals surface area contributed by atoms with Crippen molar-refractivity contribution < 1.29 is 19.8 Å². The molecule has 1 saturated carbocycles. The van der Waals surface area contributed by atoms with Crippen LogP contribution in [-0.4, -0.2) is 46.9 Å². The molecule has 28 heavy (non-hydrogen) atoms. The van der Waals surface area contributed by atoms with Crippen LogP contribution in [0.3, 0.4) is 0 Å². The lowest BCUT2D eigenvalue weighted by molar-refractivity contribution is -0.137. The Bertz CT molecular complexity index is 476. The summed E-state index contributed by atoms with van der Waals surface area (Å²) in [7, 11) is 0. The summed E-state index contributed by atoms with van der Waals surface area (Å²) in [5.74, 6) is 0.308. The number of carbonyl (C=O) groups is 1. The van der Waals surface area contributed by atoms with Crippen LogP contribution in [0.15, 0.2) is 4.99 Å². The van der Waals surface area contributed by atoms with Gasteiger partial charge in [-0.25, -0.2) is 4.99 Å². The van der Waals surface area contributed by atoms with Gasteiger partial charge in [-0.15, -0.1) is 5.48 Å². The summed E-state index contributed by atoms with van der Waals surface area (Å²) in [6.07, 6.45) is 9.44. The highest BCUT2D eigenvalue weighted by Gasteiger charge is 2.29. The number of aliphatic imine (C=N–C) groups is 1. The number of rotatable bonds is 11. The van der Waals surface area contributed by atoms with Crippen LogP contribution < -0.4 is 10.8 Å². The van der Waals surface area contributed by atoms with Crippen molar-refractivity contribution in [2.75, 3.05) is 13.2 Å². The zero-order valence-corrected chi connectivity index (χ0v) is 18.2. The smallest absolute Gasteiger partial charge is 0.304 e. The molecule has 1 heterocycles. The van der Waals surface area contributed by atoms with Crippen LogP contribution in [-0.2, 0) is 9.63 Å². The average molecular weight is 400 g/mol. The number of carboxylic acids is 1. The number of aliphatic hydroxyl groups excluding tert-OH is 1. The first-order chi connectivity index (χ1) is 13.4. The Hall–Kier alpha value is -1.18. The fourth-order valence-corrected chi connectivity index (χ4v) is 3.69. The third-order valence-corrected chi connectivity index (χ3v) is 5.41. The molecule has 2 rings (SSSR count). The minimum atomic E-state index is -0.818. The number of carboxylic acid groups (broad SMARTS) is 1.